The number of nitrogens with one attached hydrogen (secondary N) is 2. The first-order valence-corrected chi connectivity index (χ1v) is 5.93. The minimum atomic E-state index is -0.383. The highest BCUT2D eigenvalue weighted by Crippen LogP contribution is 2.00. The van der Waals surface area contributed by atoms with Gasteiger partial charge in [0.05, 0.1) is 0 Å². The van der Waals surface area contributed by atoms with E-state index >= 15 is 0 Å². The van der Waals surface area contributed by atoms with Crippen LogP contribution in [0, 0.1) is 0 Å². The fraction of sp³-hybridized carbons (Fsp3) is 1.00. The van der Waals surface area contributed by atoms with E-state index in [0.29, 0.717) is 0 Å². The molecule has 12 heavy (non-hydrogen) atoms. The molecular formula is C6H16N2O2P2-2. The van der Waals surface area contributed by atoms with Gasteiger partial charge in [0.2, 0.25) is 0 Å². The molecule has 0 saturated carbocycles. The summed E-state index contributed by atoms with van der Waals surface area (Å²) in [7, 11) is -0.765. The van der Waals surface area contributed by atoms with E-state index in [1.807, 2.05) is 0 Å². The van der Waals surface area contributed by atoms with E-state index < -0.39 is 0 Å². The highest BCUT2D eigenvalue weighted by atomic mass is 31.1. The number of hydrogen-bond donors (Lipinski definition) is 2. The van der Waals surface area contributed by atoms with Gasteiger partial charge in [-0.15, -0.1) is 0 Å². The highest BCUT2D eigenvalue weighted by Gasteiger charge is 1.87. The maximum Gasteiger partial charge on any atom is -0.00246 e. The van der Waals surface area contributed by atoms with Crippen LogP contribution >= 0.6 is 17.9 Å². The molecule has 0 aliphatic carbocycles. The first-order valence-electron chi connectivity index (χ1n) is 4.12. The lowest BCUT2D eigenvalue weighted by molar-refractivity contribution is -0.153. The predicted molar refractivity (Wildman–Crippen MR) is 51.1 cm³/mol. The van der Waals surface area contributed by atoms with Crippen molar-refractivity contribution in [2.24, 2.45) is 0 Å². The third-order valence-corrected chi connectivity index (χ3v) is 2.29. The Labute approximate surface area is 77.4 Å². The average Bonchev–Trinajstić information content (AvgIpc) is 2.10. The Kier molecular flexibility index (Phi) is 12.4. The van der Waals surface area contributed by atoms with Crippen molar-refractivity contribution in [1.82, 2.24) is 10.2 Å². The van der Waals surface area contributed by atoms with Crippen molar-refractivity contribution < 1.29 is 9.79 Å². The van der Waals surface area contributed by atoms with Crippen molar-refractivity contribution in [3.8, 4) is 0 Å². The van der Waals surface area contributed by atoms with Crippen LogP contribution < -0.4 is 20.0 Å². The third kappa shape index (κ3) is 10.7. The molecule has 0 bridgehead atoms. The molecule has 0 aromatic rings. The van der Waals surface area contributed by atoms with E-state index in [0.717, 1.165) is 38.8 Å². The molecule has 2 atom stereocenters. The second-order valence-corrected chi connectivity index (χ2v) is 3.59. The number of hydrogen-bond acceptors (Lipinski definition) is 4. The Hall–Kier alpha value is 0.700. The molecule has 0 rings (SSSR count). The molecule has 0 spiro atoms. The van der Waals surface area contributed by atoms with Gasteiger partial charge in [-0.1, -0.05) is 12.8 Å². The van der Waals surface area contributed by atoms with Crippen LogP contribution in [0.15, 0.2) is 0 Å². The summed E-state index contributed by atoms with van der Waals surface area (Å²) < 4.78 is 0. The number of rotatable bonds is 9. The topological polar surface area (TPSA) is 70.2 Å². The summed E-state index contributed by atoms with van der Waals surface area (Å²) in [5.74, 6) is 0. The molecule has 2 unspecified atom stereocenters. The van der Waals surface area contributed by atoms with Gasteiger partial charge in [-0.25, -0.2) is 0 Å². The molecule has 0 radical (unpaired) electrons. The molecule has 0 heterocycles. The second-order valence-electron chi connectivity index (χ2n) is 2.47. The Morgan fingerprint density at radius 1 is 0.750 bits per heavy atom. The first-order chi connectivity index (χ1) is 5.91. The van der Waals surface area contributed by atoms with E-state index in [9.17, 15) is 9.79 Å². The highest BCUT2D eigenvalue weighted by molar-refractivity contribution is 7.27. The van der Waals surface area contributed by atoms with Gasteiger partial charge in [0.25, 0.3) is 0 Å². The molecule has 4 nitrogen and oxygen atoms in total. The van der Waals surface area contributed by atoms with E-state index in [1.165, 1.54) is 0 Å². The standard InChI is InChI=1S/C6H16N2O2P2/c9-11-7-5-3-1-2-4-6-8-12-10/h7-8,11-12H,1-6H2/q-2. The molecule has 0 aromatic heterocycles. The minimum Gasteiger partial charge on any atom is -0.820 e. The minimum absolute atomic E-state index is 0.383. The second kappa shape index (κ2) is 11.7. The fourth-order valence-electron chi connectivity index (χ4n) is 0.882. The van der Waals surface area contributed by atoms with Crippen molar-refractivity contribution in [2.45, 2.75) is 25.7 Å². The van der Waals surface area contributed by atoms with E-state index in [4.69, 9.17) is 0 Å². The van der Waals surface area contributed by atoms with Crippen molar-refractivity contribution in [3.05, 3.63) is 0 Å². The smallest absolute Gasteiger partial charge is 0.00246 e. The maximum atomic E-state index is 9.98. The zero-order chi connectivity index (χ0) is 9.07. The molecule has 0 saturated heterocycles. The predicted octanol–water partition coefficient (Wildman–Crippen LogP) is -0.536. The van der Waals surface area contributed by atoms with Gasteiger partial charge >= 0.3 is 0 Å². The molecule has 0 aliphatic heterocycles. The van der Waals surface area contributed by atoms with Gasteiger partial charge in [-0.05, 0) is 25.9 Å². The first kappa shape index (κ1) is 12.7. The Balaban J connectivity index is 2.73. The summed E-state index contributed by atoms with van der Waals surface area (Å²) in [4.78, 5) is 20.0. The Morgan fingerprint density at radius 2 is 1.17 bits per heavy atom. The summed E-state index contributed by atoms with van der Waals surface area (Å²) in [5, 5.41) is 5.52. The largest absolute Gasteiger partial charge is 0.820 e. The van der Waals surface area contributed by atoms with Gasteiger partial charge < -0.3 is 20.0 Å². The molecule has 0 fully saturated rings. The molecule has 2 N–H and O–H groups in total. The summed E-state index contributed by atoms with van der Waals surface area (Å²) in [6.07, 6.45) is 4.41. The third-order valence-electron chi connectivity index (χ3n) is 1.50. The van der Waals surface area contributed by atoms with Gasteiger partial charge in [-0.2, -0.15) is 17.9 Å². The van der Waals surface area contributed by atoms with Crippen LogP contribution in [0.4, 0.5) is 0 Å². The van der Waals surface area contributed by atoms with E-state index in [-0.39, 0.29) is 17.9 Å². The zero-order valence-electron chi connectivity index (χ0n) is 7.06. The van der Waals surface area contributed by atoms with Crippen molar-refractivity contribution in [1.29, 1.82) is 0 Å². The molecule has 6 heteroatoms. The lowest BCUT2D eigenvalue weighted by Crippen LogP contribution is -2.09. The van der Waals surface area contributed by atoms with Gasteiger partial charge in [-0.3, -0.25) is 0 Å². The fourth-order valence-corrected chi connectivity index (χ4v) is 1.44. The van der Waals surface area contributed by atoms with Crippen LogP contribution in [-0.4, -0.2) is 13.1 Å². The van der Waals surface area contributed by atoms with Crippen LogP contribution in [0.3, 0.4) is 0 Å². The molecule has 74 valence electrons. The average molecular weight is 210 g/mol. The summed E-state index contributed by atoms with van der Waals surface area (Å²) in [5.41, 5.74) is 0. The zero-order valence-corrected chi connectivity index (χ0v) is 9.06. The molecule has 0 amide bonds. The summed E-state index contributed by atoms with van der Waals surface area (Å²) >= 11 is 0. The number of unbranched alkanes of at least 4 members (excludes halogenated alkanes) is 3. The van der Waals surface area contributed by atoms with Gasteiger partial charge in [0, 0.05) is 0 Å². The normalized spacial score (nSPS) is 12.5. The molecular weight excluding hydrogens is 194 g/mol. The Bertz CT molecular complexity index is 77.9. The SMILES string of the molecule is [O-]PNCCCCCCNP[O-]. The summed E-state index contributed by atoms with van der Waals surface area (Å²) in [6.45, 7) is 1.66. The van der Waals surface area contributed by atoms with Gasteiger partial charge in [0.1, 0.15) is 0 Å². The van der Waals surface area contributed by atoms with Crippen molar-refractivity contribution in [2.75, 3.05) is 13.1 Å². The van der Waals surface area contributed by atoms with Crippen molar-refractivity contribution >= 4 is 17.9 Å². The van der Waals surface area contributed by atoms with Crippen LogP contribution in [0.25, 0.3) is 0 Å². The van der Waals surface area contributed by atoms with Crippen LogP contribution in [-0.2, 0) is 0 Å². The molecule has 0 aliphatic rings. The van der Waals surface area contributed by atoms with Crippen LogP contribution in [0.1, 0.15) is 25.7 Å². The maximum absolute atomic E-state index is 9.98. The van der Waals surface area contributed by atoms with E-state index in [2.05, 4.69) is 10.2 Å². The summed E-state index contributed by atoms with van der Waals surface area (Å²) in [6, 6.07) is 0. The monoisotopic (exact) mass is 210 g/mol. The Morgan fingerprint density at radius 3 is 1.50 bits per heavy atom. The quantitative estimate of drug-likeness (QED) is 0.396. The molecule has 0 aromatic carbocycles. The van der Waals surface area contributed by atoms with Crippen molar-refractivity contribution in [3.63, 3.8) is 0 Å². The van der Waals surface area contributed by atoms with E-state index in [1.54, 1.807) is 0 Å². The van der Waals surface area contributed by atoms with Crippen LogP contribution in [0.5, 0.6) is 0 Å². The lowest BCUT2D eigenvalue weighted by atomic mass is 10.2. The van der Waals surface area contributed by atoms with Gasteiger partial charge in [0.15, 0.2) is 0 Å². The lowest BCUT2D eigenvalue weighted by Gasteiger charge is -2.08. The van der Waals surface area contributed by atoms with Crippen LogP contribution in [0.2, 0.25) is 0 Å².